The number of nitrogens with zero attached hydrogens (tertiary/aromatic N) is 3. The number of ether oxygens (including phenoxy) is 3. The van der Waals surface area contributed by atoms with E-state index in [1.807, 2.05) is 0 Å². The van der Waals surface area contributed by atoms with Gasteiger partial charge in [0.05, 0.1) is 13.7 Å². The van der Waals surface area contributed by atoms with Crippen LogP contribution in [-0.4, -0.2) is 34.8 Å². The first kappa shape index (κ1) is 22.8. The van der Waals surface area contributed by atoms with Crippen LogP contribution in [0.4, 0.5) is 5.69 Å². The third-order valence-electron chi connectivity index (χ3n) is 4.82. The lowest BCUT2D eigenvalue weighted by Gasteiger charge is -2.13. The normalized spacial score (nSPS) is 10.5. The number of benzene rings is 2. The zero-order valence-electron chi connectivity index (χ0n) is 18.9. The predicted molar refractivity (Wildman–Crippen MR) is 125 cm³/mol. The van der Waals surface area contributed by atoms with Crippen LogP contribution in [0.1, 0.15) is 30.1 Å². The Labute approximate surface area is 196 Å². The van der Waals surface area contributed by atoms with E-state index in [1.54, 1.807) is 67.9 Å². The number of nitrogens with one attached hydrogen (secondary N) is 1. The van der Waals surface area contributed by atoms with Gasteiger partial charge in [-0.2, -0.15) is 0 Å². The van der Waals surface area contributed by atoms with Crippen molar-refractivity contribution < 1.29 is 23.4 Å². The van der Waals surface area contributed by atoms with E-state index in [0.717, 1.165) is 12.8 Å². The number of carbonyl (C=O) groups excluding carboxylic acids is 1. The smallest absolute Gasteiger partial charge is 0.266 e. The quantitative estimate of drug-likeness (QED) is 0.315. The van der Waals surface area contributed by atoms with Gasteiger partial charge in [-0.3, -0.25) is 9.78 Å². The number of aromatic nitrogens is 3. The van der Waals surface area contributed by atoms with Crippen molar-refractivity contribution in [1.29, 1.82) is 0 Å². The highest BCUT2D eigenvalue weighted by molar-refractivity contribution is 6.04. The maximum atomic E-state index is 12.9. The molecule has 0 spiro atoms. The molecule has 1 N–H and O–H groups in total. The van der Waals surface area contributed by atoms with Gasteiger partial charge in [-0.1, -0.05) is 19.4 Å². The Hall–Kier alpha value is -4.40. The van der Waals surface area contributed by atoms with Gasteiger partial charge in [0.2, 0.25) is 6.39 Å². The molecule has 4 rings (SSSR count). The molecule has 9 heteroatoms. The number of hydrogen-bond acceptors (Lipinski definition) is 8. The molecule has 0 radical (unpaired) electrons. The number of carbonyl (C=O) groups is 1. The summed E-state index contributed by atoms with van der Waals surface area (Å²) in [6.07, 6.45) is 4.75. The van der Waals surface area contributed by atoms with E-state index < -0.39 is 0 Å². The number of unbranched alkanes of at least 4 members (excludes halogenated alkanes) is 1. The molecule has 1 amide bonds. The van der Waals surface area contributed by atoms with Crippen molar-refractivity contribution in [3.05, 3.63) is 72.8 Å². The van der Waals surface area contributed by atoms with Crippen molar-refractivity contribution in [2.24, 2.45) is 0 Å². The molecule has 2 aromatic heterocycles. The molecular weight excluding hydrogens is 436 g/mol. The van der Waals surface area contributed by atoms with Crippen LogP contribution in [0, 0.1) is 0 Å². The van der Waals surface area contributed by atoms with Crippen LogP contribution >= 0.6 is 0 Å². The van der Waals surface area contributed by atoms with Crippen LogP contribution in [0.5, 0.6) is 23.0 Å². The van der Waals surface area contributed by atoms with Crippen LogP contribution in [0.3, 0.4) is 0 Å². The molecule has 2 aromatic carbocycles. The lowest BCUT2D eigenvalue weighted by Crippen LogP contribution is -2.12. The fourth-order valence-corrected chi connectivity index (χ4v) is 3.11. The summed E-state index contributed by atoms with van der Waals surface area (Å²) in [6, 6.07) is 15.6. The summed E-state index contributed by atoms with van der Waals surface area (Å²) < 4.78 is 22.2. The zero-order chi connectivity index (χ0) is 23.8. The Morgan fingerprint density at radius 3 is 2.74 bits per heavy atom. The molecule has 4 aromatic rings. The fraction of sp³-hybridized carbons (Fsp3) is 0.200. The lowest BCUT2D eigenvalue weighted by molar-refractivity contribution is 0.102. The maximum Gasteiger partial charge on any atom is 0.266 e. The highest BCUT2D eigenvalue weighted by Gasteiger charge is 2.13. The number of amides is 1. The van der Waals surface area contributed by atoms with Gasteiger partial charge in [0, 0.05) is 29.6 Å². The van der Waals surface area contributed by atoms with Crippen molar-refractivity contribution in [2.45, 2.75) is 19.8 Å². The Bertz CT molecular complexity index is 1240. The number of anilines is 1. The Morgan fingerprint density at radius 1 is 1.06 bits per heavy atom. The van der Waals surface area contributed by atoms with Crippen LogP contribution in [-0.2, 0) is 0 Å². The van der Waals surface area contributed by atoms with Gasteiger partial charge in [-0.05, 0) is 42.8 Å². The molecule has 0 fully saturated rings. The topological polar surface area (TPSA) is 109 Å². The third-order valence-corrected chi connectivity index (χ3v) is 4.82. The van der Waals surface area contributed by atoms with E-state index in [2.05, 4.69) is 27.4 Å². The molecular formula is C25H24N4O5. The maximum absolute atomic E-state index is 12.9. The lowest BCUT2D eigenvalue weighted by atomic mass is 10.1. The summed E-state index contributed by atoms with van der Waals surface area (Å²) in [5, 5.41) is 10.4. The SMILES string of the molecule is CCCCOc1cc(C(=O)Nc2cccc(Oc3ccnc(-c4nnco4)c3)c2)ccc1OC. The molecule has 0 saturated heterocycles. The van der Waals surface area contributed by atoms with Crippen molar-refractivity contribution in [3.8, 4) is 34.6 Å². The molecule has 9 nitrogen and oxygen atoms in total. The molecule has 0 atom stereocenters. The van der Waals surface area contributed by atoms with E-state index in [1.165, 1.54) is 6.39 Å². The minimum atomic E-state index is -0.275. The van der Waals surface area contributed by atoms with Gasteiger partial charge in [-0.25, -0.2) is 0 Å². The van der Waals surface area contributed by atoms with Gasteiger partial charge >= 0.3 is 0 Å². The summed E-state index contributed by atoms with van der Waals surface area (Å²) >= 11 is 0. The zero-order valence-corrected chi connectivity index (χ0v) is 18.9. The Kier molecular flexibility index (Phi) is 7.34. The minimum Gasteiger partial charge on any atom is -0.493 e. The van der Waals surface area contributed by atoms with Crippen molar-refractivity contribution in [3.63, 3.8) is 0 Å². The highest BCUT2D eigenvalue weighted by atomic mass is 16.5. The first-order valence-corrected chi connectivity index (χ1v) is 10.8. The largest absolute Gasteiger partial charge is 0.493 e. The predicted octanol–water partition coefficient (Wildman–Crippen LogP) is 5.36. The number of rotatable bonds is 10. The van der Waals surface area contributed by atoms with Crippen molar-refractivity contribution >= 4 is 11.6 Å². The second-order valence-electron chi connectivity index (χ2n) is 7.27. The summed E-state index contributed by atoms with van der Waals surface area (Å²) in [6.45, 7) is 2.64. The molecule has 34 heavy (non-hydrogen) atoms. The third kappa shape index (κ3) is 5.69. The number of pyridine rings is 1. The summed E-state index contributed by atoms with van der Waals surface area (Å²) in [5.74, 6) is 2.22. The summed E-state index contributed by atoms with van der Waals surface area (Å²) in [5.41, 5.74) is 1.53. The van der Waals surface area contributed by atoms with Crippen molar-refractivity contribution in [1.82, 2.24) is 15.2 Å². The van der Waals surface area contributed by atoms with E-state index in [9.17, 15) is 4.79 Å². The molecule has 2 heterocycles. The van der Waals surface area contributed by atoms with Gasteiger partial charge < -0.3 is 23.9 Å². The molecule has 0 aliphatic heterocycles. The van der Waals surface area contributed by atoms with Crippen LogP contribution in [0.15, 0.2) is 71.6 Å². The fourth-order valence-electron chi connectivity index (χ4n) is 3.11. The summed E-state index contributed by atoms with van der Waals surface area (Å²) in [4.78, 5) is 17.1. The Morgan fingerprint density at radius 2 is 1.94 bits per heavy atom. The number of methoxy groups -OCH3 is 1. The second kappa shape index (κ2) is 11.0. The molecule has 0 bridgehead atoms. The van der Waals surface area contributed by atoms with E-state index in [0.29, 0.717) is 52.4 Å². The average molecular weight is 460 g/mol. The van der Waals surface area contributed by atoms with Crippen LogP contribution in [0.2, 0.25) is 0 Å². The second-order valence-corrected chi connectivity index (χ2v) is 7.27. The summed E-state index contributed by atoms with van der Waals surface area (Å²) in [7, 11) is 1.57. The monoisotopic (exact) mass is 460 g/mol. The van der Waals surface area contributed by atoms with Gasteiger partial charge in [-0.15, -0.1) is 10.2 Å². The van der Waals surface area contributed by atoms with Crippen molar-refractivity contribution in [2.75, 3.05) is 19.0 Å². The highest BCUT2D eigenvalue weighted by Crippen LogP contribution is 2.30. The first-order valence-electron chi connectivity index (χ1n) is 10.8. The van der Waals surface area contributed by atoms with Gasteiger partial charge in [0.15, 0.2) is 11.5 Å². The van der Waals surface area contributed by atoms with Crippen LogP contribution < -0.4 is 19.5 Å². The standard InChI is InChI=1S/C25H24N4O5/c1-3-4-12-32-23-13-17(8-9-22(23)31-2)24(30)28-18-6-5-7-19(14-18)34-20-10-11-26-21(15-20)25-29-27-16-33-25/h5-11,13-16H,3-4,12H2,1-2H3,(H,28,30). The molecule has 0 aliphatic carbocycles. The minimum absolute atomic E-state index is 0.275. The molecule has 0 aliphatic rings. The van der Waals surface area contributed by atoms with Gasteiger partial charge in [0.1, 0.15) is 17.2 Å². The molecule has 174 valence electrons. The average Bonchev–Trinajstić information content (AvgIpc) is 3.40. The number of hydrogen-bond donors (Lipinski definition) is 1. The van der Waals surface area contributed by atoms with E-state index >= 15 is 0 Å². The van der Waals surface area contributed by atoms with Gasteiger partial charge in [0.25, 0.3) is 11.8 Å². The first-order chi connectivity index (χ1) is 16.7. The van der Waals surface area contributed by atoms with Crippen LogP contribution in [0.25, 0.3) is 11.6 Å². The molecule has 0 saturated carbocycles. The van der Waals surface area contributed by atoms with E-state index in [-0.39, 0.29) is 5.91 Å². The Balaban J connectivity index is 1.46. The molecule has 0 unspecified atom stereocenters. The van der Waals surface area contributed by atoms with E-state index in [4.69, 9.17) is 18.6 Å².